The standard InChI is InChI=1S/C2H3N5/c3-1-2(6-4)7-5/h4H,5H2/b6-4?,7-2+. The third-order valence-corrected chi connectivity index (χ3v) is 0.328. The van der Waals surface area contributed by atoms with Crippen molar-refractivity contribution in [2.24, 2.45) is 16.1 Å². The minimum Gasteiger partial charge on any atom is -0.320 e. The molecular formula is C2H3N5. The lowest BCUT2D eigenvalue weighted by molar-refractivity contribution is 1.14. The maximum atomic E-state index is 7.85. The van der Waals surface area contributed by atoms with Gasteiger partial charge in [0.1, 0.15) is 6.07 Å². The monoisotopic (exact) mass is 97.0 g/mol. The number of nitrogens with two attached hydrogens (primary N) is 1. The third-order valence-electron chi connectivity index (χ3n) is 0.328. The molecule has 36 valence electrons. The van der Waals surface area contributed by atoms with Gasteiger partial charge in [-0.25, -0.2) is 5.53 Å². The first-order valence-electron chi connectivity index (χ1n) is 1.40. The van der Waals surface area contributed by atoms with E-state index in [9.17, 15) is 0 Å². The van der Waals surface area contributed by atoms with Gasteiger partial charge in [-0.3, -0.25) is 0 Å². The van der Waals surface area contributed by atoms with Gasteiger partial charge in [0.25, 0.3) is 5.84 Å². The van der Waals surface area contributed by atoms with Crippen molar-refractivity contribution >= 4 is 5.84 Å². The van der Waals surface area contributed by atoms with Gasteiger partial charge in [-0.2, -0.15) is 5.26 Å². The Morgan fingerprint density at radius 2 is 2.43 bits per heavy atom. The highest BCUT2D eigenvalue weighted by Gasteiger charge is 1.84. The molecule has 0 rings (SSSR count). The summed E-state index contributed by atoms with van der Waals surface area (Å²) in [5.41, 5.74) is 6.15. The van der Waals surface area contributed by atoms with Crippen LogP contribution in [0.2, 0.25) is 0 Å². The molecule has 0 amide bonds. The number of nitrogens with zero attached hydrogens (tertiary/aromatic N) is 3. The maximum Gasteiger partial charge on any atom is 0.268 e. The fourth-order valence-corrected chi connectivity index (χ4v) is 0.0827. The summed E-state index contributed by atoms with van der Waals surface area (Å²) in [6.45, 7) is 0. The maximum absolute atomic E-state index is 7.85. The van der Waals surface area contributed by atoms with E-state index in [4.69, 9.17) is 10.8 Å². The van der Waals surface area contributed by atoms with Crippen LogP contribution in [0.4, 0.5) is 0 Å². The van der Waals surface area contributed by atoms with Crippen LogP contribution in [0, 0.1) is 16.9 Å². The second-order valence-corrected chi connectivity index (χ2v) is 0.676. The van der Waals surface area contributed by atoms with Crippen LogP contribution >= 0.6 is 0 Å². The molecule has 7 heavy (non-hydrogen) atoms. The molecule has 0 saturated heterocycles. The van der Waals surface area contributed by atoms with Crippen molar-refractivity contribution in [2.45, 2.75) is 0 Å². The molecule has 5 nitrogen and oxygen atoms in total. The Morgan fingerprint density at radius 3 is 2.43 bits per heavy atom. The van der Waals surface area contributed by atoms with Crippen LogP contribution in [0.25, 0.3) is 0 Å². The van der Waals surface area contributed by atoms with Crippen LogP contribution in [0.1, 0.15) is 0 Å². The van der Waals surface area contributed by atoms with Gasteiger partial charge in [0.15, 0.2) is 0 Å². The highest BCUT2D eigenvalue weighted by Crippen LogP contribution is 1.69. The van der Waals surface area contributed by atoms with Crippen molar-refractivity contribution in [2.75, 3.05) is 0 Å². The van der Waals surface area contributed by atoms with Crippen molar-refractivity contribution in [3.05, 3.63) is 0 Å². The zero-order chi connectivity index (χ0) is 5.70. The molecule has 0 radical (unpaired) electrons. The lowest BCUT2D eigenvalue weighted by atomic mass is 10.7. The summed E-state index contributed by atoms with van der Waals surface area (Å²) in [7, 11) is 0. The van der Waals surface area contributed by atoms with Gasteiger partial charge in [0, 0.05) is 0 Å². The molecule has 0 atom stereocenters. The average molecular weight is 97.1 g/mol. The second kappa shape index (κ2) is 2.78. The zero-order valence-corrected chi connectivity index (χ0v) is 3.42. The number of rotatable bonds is 0. The molecule has 0 spiro atoms. The average Bonchev–Trinajstić information content (AvgIpc) is 1.72. The molecule has 0 aromatic heterocycles. The summed E-state index contributed by atoms with van der Waals surface area (Å²) >= 11 is 0. The van der Waals surface area contributed by atoms with Crippen molar-refractivity contribution in [3.8, 4) is 6.07 Å². The number of nitrogens with one attached hydrogen (secondary N) is 1. The molecule has 0 saturated carbocycles. The summed E-state index contributed by atoms with van der Waals surface area (Å²) in [4.78, 5) is 0. The van der Waals surface area contributed by atoms with E-state index in [1.54, 1.807) is 0 Å². The summed E-state index contributed by atoms with van der Waals surface area (Å²) < 4.78 is 0. The Morgan fingerprint density at radius 1 is 1.86 bits per heavy atom. The van der Waals surface area contributed by atoms with E-state index >= 15 is 0 Å². The Kier molecular flexibility index (Phi) is 2.21. The number of hydrogen-bond donors (Lipinski definition) is 2. The molecular weight excluding hydrogens is 94.1 g/mol. The van der Waals surface area contributed by atoms with Crippen LogP contribution in [-0.2, 0) is 0 Å². The van der Waals surface area contributed by atoms with Gasteiger partial charge < -0.3 is 5.84 Å². The van der Waals surface area contributed by atoms with Crippen LogP contribution in [0.5, 0.6) is 0 Å². The predicted molar refractivity (Wildman–Crippen MR) is 22.4 cm³/mol. The van der Waals surface area contributed by atoms with Gasteiger partial charge in [0.2, 0.25) is 0 Å². The molecule has 3 N–H and O–H groups in total. The molecule has 0 aliphatic rings. The SMILES string of the molecule is N#C/C(N=N)=N\N. The predicted octanol–water partition coefficient (Wildman–Crippen LogP) is -0.187. The van der Waals surface area contributed by atoms with E-state index in [0.717, 1.165) is 0 Å². The van der Waals surface area contributed by atoms with E-state index < -0.39 is 0 Å². The van der Waals surface area contributed by atoms with Crippen molar-refractivity contribution in [1.82, 2.24) is 0 Å². The highest BCUT2D eigenvalue weighted by atomic mass is 15.2. The van der Waals surface area contributed by atoms with E-state index in [1.807, 2.05) is 0 Å². The Hall–Kier alpha value is -1.44. The summed E-state index contributed by atoms with van der Waals surface area (Å²) in [5, 5.41) is 13.3. The fraction of sp³-hybridized carbons (Fsp3) is 0. The van der Waals surface area contributed by atoms with Crippen LogP contribution < -0.4 is 5.84 Å². The lowest BCUT2D eigenvalue weighted by Crippen LogP contribution is -1.91. The number of nitriles is 1. The quantitative estimate of drug-likeness (QED) is 0.144. The molecule has 0 aliphatic heterocycles. The molecule has 0 aromatic rings. The van der Waals surface area contributed by atoms with Crippen LogP contribution in [-0.4, -0.2) is 5.84 Å². The molecule has 0 aromatic carbocycles. The molecule has 0 heterocycles. The minimum absolute atomic E-state index is 0.319. The highest BCUT2D eigenvalue weighted by molar-refractivity contribution is 5.96. The second-order valence-electron chi connectivity index (χ2n) is 0.676. The van der Waals surface area contributed by atoms with E-state index in [-0.39, 0.29) is 5.84 Å². The lowest BCUT2D eigenvalue weighted by Gasteiger charge is -1.72. The van der Waals surface area contributed by atoms with E-state index in [2.05, 4.69) is 16.1 Å². The summed E-state index contributed by atoms with van der Waals surface area (Å²) in [5.74, 6) is 4.23. The normalized spacial score (nSPS) is 9.86. The fourth-order valence-electron chi connectivity index (χ4n) is 0.0827. The van der Waals surface area contributed by atoms with E-state index in [0.29, 0.717) is 0 Å². The topological polar surface area (TPSA) is 98.4 Å². The molecule has 0 bridgehead atoms. The van der Waals surface area contributed by atoms with Gasteiger partial charge in [-0.05, 0) is 0 Å². The third kappa shape index (κ3) is 1.44. The Balaban J connectivity index is 3.94. The minimum atomic E-state index is -0.319. The molecule has 5 heteroatoms. The van der Waals surface area contributed by atoms with E-state index in [1.165, 1.54) is 6.07 Å². The first-order valence-corrected chi connectivity index (χ1v) is 1.40. The smallest absolute Gasteiger partial charge is 0.268 e. The van der Waals surface area contributed by atoms with Crippen LogP contribution in [0.3, 0.4) is 0 Å². The van der Waals surface area contributed by atoms with Gasteiger partial charge in [-0.1, -0.05) is 0 Å². The van der Waals surface area contributed by atoms with Crippen molar-refractivity contribution in [3.63, 3.8) is 0 Å². The summed E-state index contributed by atoms with van der Waals surface area (Å²) in [6.07, 6.45) is 0. The molecule has 0 unspecified atom stereocenters. The van der Waals surface area contributed by atoms with Gasteiger partial charge in [-0.15, -0.1) is 10.2 Å². The van der Waals surface area contributed by atoms with Crippen molar-refractivity contribution < 1.29 is 0 Å². The first-order chi connectivity index (χ1) is 3.35. The number of hydrazone groups is 1. The number of amidine groups is 1. The molecule has 0 aliphatic carbocycles. The van der Waals surface area contributed by atoms with Gasteiger partial charge >= 0.3 is 0 Å². The summed E-state index contributed by atoms with van der Waals surface area (Å²) in [6, 6.07) is 1.47. The number of hydrogen-bond acceptors (Lipinski definition) is 4. The van der Waals surface area contributed by atoms with Crippen molar-refractivity contribution in [1.29, 1.82) is 10.8 Å². The largest absolute Gasteiger partial charge is 0.320 e. The Labute approximate surface area is 39.9 Å². The van der Waals surface area contributed by atoms with Crippen LogP contribution in [0.15, 0.2) is 10.2 Å². The van der Waals surface area contributed by atoms with Gasteiger partial charge in [0.05, 0.1) is 0 Å². The zero-order valence-electron chi connectivity index (χ0n) is 3.42. The first kappa shape index (κ1) is 5.56. The molecule has 0 fully saturated rings. The Bertz CT molecular complexity index is 128.